The topological polar surface area (TPSA) is 112 Å². The van der Waals surface area contributed by atoms with Crippen LogP contribution in [0.25, 0.3) is 11.4 Å². The number of nitrogens with zero attached hydrogens (tertiary/aromatic N) is 4. The third kappa shape index (κ3) is 5.74. The van der Waals surface area contributed by atoms with Gasteiger partial charge >= 0.3 is 11.8 Å². The molecule has 1 amide bonds. The SMILES string of the molecule is BC(B)(B)n1ncc([N+](=O)[O-])c1-c1cc([C@H](CC=C)NC(=O)OC(C)(C)C)ccn1. The summed E-state index contributed by atoms with van der Waals surface area (Å²) in [6.07, 6.45) is 4.36. The van der Waals surface area contributed by atoms with Crippen molar-refractivity contribution in [2.24, 2.45) is 0 Å². The zero-order chi connectivity index (χ0) is 22.7. The van der Waals surface area contributed by atoms with Gasteiger partial charge in [0.25, 0.3) is 0 Å². The third-order valence-corrected chi connectivity index (χ3v) is 4.10. The smallest absolute Gasteiger partial charge is 0.408 e. The zero-order valence-electron chi connectivity index (χ0n) is 18.3. The molecule has 2 aromatic rings. The molecule has 2 rings (SSSR count). The Morgan fingerprint density at radius 2 is 2.10 bits per heavy atom. The van der Waals surface area contributed by atoms with Crippen molar-refractivity contribution in [3.05, 3.63) is 52.9 Å². The normalized spacial score (nSPS) is 12.8. The summed E-state index contributed by atoms with van der Waals surface area (Å²) in [6, 6.07) is 3.04. The molecule has 12 heteroatoms. The van der Waals surface area contributed by atoms with E-state index in [0.29, 0.717) is 17.8 Å². The predicted octanol–water partition coefficient (Wildman–Crippen LogP) is 0.462. The number of pyridine rings is 1. The number of hydrogen-bond donors (Lipinski definition) is 1. The number of carbonyl (C=O) groups is 1. The molecule has 9 nitrogen and oxygen atoms in total. The van der Waals surface area contributed by atoms with Crippen LogP contribution in [0.2, 0.25) is 0 Å². The predicted molar refractivity (Wildman–Crippen MR) is 123 cm³/mol. The number of aromatic nitrogens is 3. The number of nitrogens with one attached hydrogen (secondary N) is 1. The van der Waals surface area contributed by atoms with E-state index >= 15 is 0 Å². The highest BCUT2D eigenvalue weighted by atomic mass is 16.6. The van der Waals surface area contributed by atoms with Gasteiger partial charge in [-0.2, -0.15) is 5.10 Å². The third-order valence-electron chi connectivity index (χ3n) is 4.10. The zero-order valence-corrected chi connectivity index (χ0v) is 18.3. The lowest BCUT2D eigenvalue weighted by molar-refractivity contribution is -0.384. The van der Waals surface area contributed by atoms with Crippen LogP contribution in [0, 0.1) is 10.1 Å². The van der Waals surface area contributed by atoms with E-state index in [1.807, 2.05) is 23.5 Å². The second-order valence-electron chi connectivity index (χ2n) is 8.92. The Morgan fingerprint density at radius 1 is 1.43 bits per heavy atom. The van der Waals surface area contributed by atoms with Crippen molar-refractivity contribution in [1.29, 1.82) is 0 Å². The minimum atomic E-state index is -0.633. The molecule has 2 aromatic heterocycles. The highest BCUT2D eigenvalue weighted by molar-refractivity contribution is 6.56. The largest absolute Gasteiger partial charge is 0.444 e. The molecule has 0 aliphatic carbocycles. The summed E-state index contributed by atoms with van der Waals surface area (Å²) in [4.78, 5) is 27.7. The molecule has 156 valence electrons. The van der Waals surface area contributed by atoms with Gasteiger partial charge in [-0.15, -0.1) is 6.58 Å². The Kier molecular flexibility index (Phi) is 6.79. The summed E-state index contributed by atoms with van der Waals surface area (Å²) in [7, 11) is 5.71. The first kappa shape index (κ1) is 23.2. The molecule has 30 heavy (non-hydrogen) atoms. The minimum Gasteiger partial charge on any atom is -0.444 e. The molecular formula is C18H26B3N5O4. The summed E-state index contributed by atoms with van der Waals surface area (Å²) in [6.45, 7) is 9.11. The Morgan fingerprint density at radius 3 is 2.63 bits per heavy atom. The fourth-order valence-electron chi connectivity index (χ4n) is 2.91. The molecule has 0 aliphatic rings. The lowest BCUT2D eigenvalue weighted by atomic mass is 9.49. The number of rotatable bonds is 7. The molecule has 1 atom stereocenters. The molecule has 0 saturated carbocycles. The summed E-state index contributed by atoms with van der Waals surface area (Å²) < 4.78 is 6.93. The van der Waals surface area contributed by atoms with Crippen molar-refractivity contribution >= 4 is 35.3 Å². The van der Waals surface area contributed by atoms with Crippen molar-refractivity contribution in [1.82, 2.24) is 20.1 Å². The van der Waals surface area contributed by atoms with Crippen LogP contribution in [-0.2, 0) is 9.97 Å². The molecule has 0 saturated heterocycles. The maximum atomic E-state index is 12.3. The first-order chi connectivity index (χ1) is 13.8. The number of amides is 1. The van der Waals surface area contributed by atoms with Crippen LogP contribution in [0.4, 0.5) is 10.5 Å². The number of ether oxygens (including phenoxy) is 1. The number of hydrogen-bond acceptors (Lipinski definition) is 6. The van der Waals surface area contributed by atoms with Gasteiger partial charge in [-0.25, -0.2) is 4.79 Å². The molecule has 0 radical (unpaired) electrons. The van der Waals surface area contributed by atoms with Crippen molar-refractivity contribution in [2.45, 2.75) is 44.1 Å². The van der Waals surface area contributed by atoms with E-state index in [9.17, 15) is 14.9 Å². The van der Waals surface area contributed by atoms with E-state index in [1.54, 1.807) is 49.9 Å². The van der Waals surface area contributed by atoms with E-state index in [-0.39, 0.29) is 5.69 Å². The summed E-state index contributed by atoms with van der Waals surface area (Å²) >= 11 is 0. The number of alkyl carbamates (subject to hydrolysis) is 1. The summed E-state index contributed by atoms with van der Waals surface area (Å²) in [5.74, 6) is 0. The van der Waals surface area contributed by atoms with Crippen LogP contribution in [-0.4, -0.2) is 54.9 Å². The number of carbonyl (C=O) groups excluding carboxylic acids is 1. The summed E-state index contributed by atoms with van der Waals surface area (Å²) in [5.41, 5.74) is 0.666. The fraction of sp³-hybridized carbons (Fsp3) is 0.389. The second kappa shape index (κ2) is 8.77. The average molecular weight is 409 g/mol. The standard InChI is InChI=1S/C18H26B3N5O4/c1-5-6-12(24-16(27)30-17(2,3)4)11-7-8-22-13(9-11)15-14(26(28)29)10-23-25(15)18(19,20)21/h5,7-10,12H,1,6,19-21H2,2-4H3,(H,24,27)/t12-/m0/s1. The van der Waals surface area contributed by atoms with Gasteiger partial charge in [-0.05, 0) is 50.1 Å². The molecule has 0 aromatic carbocycles. The maximum Gasteiger partial charge on any atom is 0.408 e. The quantitative estimate of drug-likeness (QED) is 0.308. The molecule has 0 bridgehead atoms. The van der Waals surface area contributed by atoms with Crippen LogP contribution in [0.15, 0.2) is 37.2 Å². The van der Waals surface area contributed by atoms with Crippen molar-refractivity contribution in [3.63, 3.8) is 0 Å². The highest BCUT2D eigenvalue weighted by Crippen LogP contribution is 2.32. The van der Waals surface area contributed by atoms with Crippen LogP contribution in [0.1, 0.15) is 38.8 Å². The van der Waals surface area contributed by atoms with E-state index in [1.165, 1.54) is 6.20 Å². The van der Waals surface area contributed by atoms with E-state index in [2.05, 4.69) is 22.0 Å². The van der Waals surface area contributed by atoms with Gasteiger partial charge in [0.1, 0.15) is 35.3 Å². The van der Waals surface area contributed by atoms with Gasteiger partial charge in [-0.3, -0.25) is 19.8 Å². The lowest BCUT2D eigenvalue weighted by Crippen LogP contribution is -2.36. The monoisotopic (exact) mass is 409 g/mol. The van der Waals surface area contributed by atoms with Crippen LogP contribution in [0.5, 0.6) is 0 Å². The molecule has 2 heterocycles. The first-order valence-electron chi connectivity index (χ1n) is 9.63. The summed E-state index contributed by atoms with van der Waals surface area (Å²) in [5, 5.41) is 18.1. The number of nitro groups is 1. The second-order valence-corrected chi connectivity index (χ2v) is 8.92. The Bertz CT molecular complexity index is 950. The van der Waals surface area contributed by atoms with Gasteiger partial charge in [0.05, 0.1) is 16.7 Å². The first-order valence-corrected chi connectivity index (χ1v) is 9.63. The van der Waals surface area contributed by atoms with Crippen LogP contribution < -0.4 is 5.32 Å². The minimum absolute atomic E-state index is 0.130. The molecule has 0 aliphatic heterocycles. The Hall–Kier alpha value is -3.04. The highest BCUT2D eigenvalue weighted by Gasteiger charge is 2.29. The Balaban J connectivity index is 2.48. The van der Waals surface area contributed by atoms with Gasteiger partial charge in [-0.1, -0.05) is 6.08 Å². The lowest BCUT2D eigenvalue weighted by Gasteiger charge is -2.24. The van der Waals surface area contributed by atoms with Gasteiger partial charge < -0.3 is 10.1 Å². The molecule has 0 spiro atoms. The van der Waals surface area contributed by atoms with Gasteiger partial charge in [0.2, 0.25) is 0 Å². The fourth-order valence-corrected chi connectivity index (χ4v) is 2.91. The van der Waals surface area contributed by atoms with Gasteiger partial charge in [0, 0.05) is 6.20 Å². The van der Waals surface area contributed by atoms with Crippen LogP contribution in [0.3, 0.4) is 0 Å². The van der Waals surface area contributed by atoms with Crippen LogP contribution >= 0.6 is 0 Å². The van der Waals surface area contributed by atoms with E-state index < -0.39 is 27.9 Å². The van der Waals surface area contributed by atoms with E-state index in [4.69, 9.17) is 4.74 Å². The molecule has 0 unspecified atom stereocenters. The van der Waals surface area contributed by atoms with Gasteiger partial charge in [0.15, 0.2) is 5.69 Å². The molecular weight excluding hydrogens is 383 g/mol. The van der Waals surface area contributed by atoms with E-state index in [0.717, 1.165) is 5.56 Å². The Labute approximate surface area is 178 Å². The van der Waals surface area contributed by atoms with Crippen molar-refractivity contribution in [2.75, 3.05) is 0 Å². The molecule has 0 fully saturated rings. The average Bonchev–Trinajstić information content (AvgIpc) is 3.05. The maximum absolute atomic E-state index is 12.3. The molecule has 1 N–H and O–H groups in total. The van der Waals surface area contributed by atoms with Crippen molar-refractivity contribution < 1.29 is 14.5 Å². The van der Waals surface area contributed by atoms with Crippen molar-refractivity contribution in [3.8, 4) is 11.4 Å².